The Labute approximate surface area is 112 Å². The third kappa shape index (κ3) is 1.95. The molecule has 88 valence electrons. The number of rotatable bonds is 1. The van der Waals surface area contributed by atoms with Crippen molar-refractivity contribution < 1.29 is 9.53 Å². The average molecular weight is 302 g/mol. The van der Waals surface area contributed by atoms with Crippen molar-refractivity contribution in [1.29, 1.82) is 0 Å². The van der Waals surface area contributed by atoms with Crippen LogP contribution in [-0.2, 0) is 4.74 Å². The Morgan fingerprint density at radius 2 is 1.94 bits per heavy atom. The molecule has 0 saturated heterocycles. The summed E-state index contributed by atoms with van der Waals surface area (Å²) in [6, 6.07) is 9.25. The number of cyclic esters (lactones) is 1. The number of carbonyl (C=O) groups is 1. The zero-order valence-electron chi connectivity index (χ0n) is 9.26. The summed E-state index contributed by atoms with van der Waals surface area (Å²) < 4.78 is 6.14. The number of aromatic nitrogens is 1. The van der Waals surface area contributed by atoms with Crippen molar-refractivity contribution in [1.82, 2.24) is 4.98 Å². The van der Waals surface area contributed by atoms with Crippen molar-refractivity contribution in [2.24, 2.45) is 0 Å². The first-order valence-corrected chi connectivity index (χ1v) is 6.17. The lowest BCUT2D eigenvalue weighted by molar-refractivity contribution is 0.0717. The fourth-order valence-corrected chi connectivity index (χ4v) is 2.23. The predicted molar refractivity (Wildman–Crippen MR) is 71.7 cm³/mol. The number of benzene rings is 1. The molecule has 18 heavy (non-hydrogen) atoms. The fourth-order valence-electron chi connectivity index (χ4n) is 1.85. The van der Waals surface area contributed by atoms with Gasteiger partial charge in [0.1, 0.15) is 5.76 Å². The zero-order valence-corrected chi connectivity index (χ0v) is 10.8. The Morgan fingerprint density at radius 1 is 1.17 bits per heavy atom. The molecule has 0 bridgehead atoms. The van der Waals surface area contributed by atoms with Gasteiger partial charge >= 0.3 is 5.97 Å². The molecule has 3 rings (SSSR count). The number of halogens is 1. The lowest BCUT2D eigenvalue weighted by Crippen LogP contribution is -1.92. The highest BCUT2D eigenvalue weighted by molar-refractivity contribution is 9.10. The molecule has 0 amide bonds. The average Bonchev–Trinajstić information content (AvgIpc) is 2.67. The second-order valence-corrected chi connectivity index (χ2v) is 4.80. The molecule has 0 spiro atoms. The molecule has 1 aliphatic heterocycles. The third-order valence-corrected chi connectivity index (χ3v) is 3.07. The van der Waals surface area contributed by atoms with E-state index in [9.17, 15) is 4.79 Å². The van der Waals surface area contributed by atoms with Gasteiger partial charge in [-0.05, 0) is 39.7 Å². The quantitative estimate of drug-likeness (QED) is 0.757. The molecule has 4 heteroatoms. The van der Waals surface area contributed by atoms with Crippen LogP contribution in [0.25, 0.3) is 11.8 Å². The Balaban J connectivity index is 2.07. The van der Waals surface area contributed by atoms with E-state index < -0.39 is 0 Å². The van der Waals surface area contributed by atoms with Gasteiger partial charge in [0.05, 0.1) is 5.56 Å². The van der Waals surface area contributed by atoms with Gasteiger partial charge in [-0.15, -0.1) is 0 Å². The van der Waals surface area contributed by atoms with Crippen LogP contribution in [0.3, 0.4) is 0 Å². The number of pyridine rings is 1. The van der Waals surface area contributed by atoms with Gasteiger partial charge in [-0.3, -0.25) is 4.98 Å². The molecule has 0 atom stereocenters. The van der Waals surface area contributed by atoms with Crippen molar-refractivity contribution in [3.8, 4) is 0 Å². The number of ether oxygens (including phenoxy) is 1. The molecule has 1 aromatic heterocycles. The molecule has 2 heterocycles. The summed E-state index contributed by atoms with van der Waals surface area (Å²) >= 11 is 3.36. The maximum absolute atomic E-state index is 11.6. The number of carbonyl (C=O) groups excluding carboxylic acids is 1. The van der Waals surface area contributed by atoms with Crippen molar-refractivity contribution >= 4 is 33.7 Å². The van der Waals surface area contributed by atoms with Gasteiger partial charge in [0.2, 0.25) is 0 Å². The van der Waals surface area contributed by atoms with E-state index in [1.54, 1.807) is 18.5 Å². The van der Waals surface area contributed by atoms with Crippen LogP contribution in [0.5, 0.6) is 0 Å². The molecule has 3 nitrogen and oxygen atoms in total. The number of hydrogen-bond donors (Lipinski definition) is 0. The van der Waals surface area contributed by atoms with Gasteiger partial charge in [-0.2, -0.15) is 0 Å². The van der Waals surface area contributed by atoms with Crippen LogP contribution < -0.4 is 0 Å². The van der Waals surface area contributed by atoms with Crippen LogP contribution >= 0.6 is 15.9 Å². The van der Waals surface area contributed by atoms with Gasteiger partial charge in [0, 0.05) is 22.4 Å². The summed E-state index contributed by atoms with van der Waals surface area (Å²) in [6.07, 6.45) is 5.23. The van der Waals surface area contributed by atoms with E-state index in [4.69, 9.17) is 4.74 Å². The molecule has 0 unspecified atom stereocenters. The lowest BCUT2D eigenvalue weighted by Gasteiger charge is -1.99. The van der Waals surface area contributed by atoms with E-state index in [0.717, 1.165) is 15.6 Å². The molecule has 0 N–H and O–H groups in total. The van der Waals surface area contributed by atoms with Gasteiger partial charge in [0.15, 0.2) is 0 Å². The largest absolute Gasteiger partial charge is 0.422 e. The highest BCUT2D eigenvalue weighted by atomic mass is 79.9. The summed E-state index contributed by atoms with van der Waals surface area (Å²) in [6.45, 7) is 0. The van der Waals surface area contributed by atoms with Gasteiger partial charge in [-0.1, -0.05) is 18.2 Å². The second kappa shape index (κ2) is 4.38. The smallest absolute Gasteiger partial charge is 0.344 e. The standard InChI is InChI=1S/C14H8BrNO2/c15-10-5-9(7-16-8-10)6-13-11-3-1-2-4-12(11)14(17)18-13/h1-8H/b13-6+. The van der Waals surface area contributed by atoms with E-state index in [2.05, 4.69) is 20.9 Å². The van der Waals surface area contributed by atoms with Crippen molar-refractivity contribution in [3.05, 3.63) is 63.9 Å². The minimum absolute atomic E-state index is 0.306. The fraction of sp³-hybridized carbons (Fsp3) is 0. The van der Waals surface area contributed by atoms with Gasteiger partial charge in [0.25, 0.3) is 0 Å². The molecule has 1 aromatic carbocycles. The summed E-state index contributed by atoms with van der Waals surface area (Å²) in [5.74, 6) is 0.260. The summed E-state index contributed by atoms with van der Waals surface area (Å²) in [4.78, 5) is 15.7. The first kappa shape index (κ1) is 11.2. The van der Waals surface area contributed by atoms with Crippen LogP contribution in [0.15, 0.2) is 47.2 Å². The van der Waals surface area contributed by atoms with E-state index in [0.29, 0.717) is 11.3 Å². The Morgan fingerprint density at radius 3 is 2.72 bits per heavy atom. The molecule has 1 aliphatic rings. The molecular formula is C14H8BrNO2. The molecular weight excluding hydrogens is 294 g/mol. The molecule has 0 aliphatic carbocycles. The highest BCUT2D eigenvalue weighted by Gasteiger charge is 2.25. The first-order chi connectivity index (χ1) is 8.74. The summed E-state index contributed by atoms with van der Waals surface area (Å²) in [5, 5.41) is 0. The normalized spacial score (nSPS) is 15.6. The van der Waals surface area contributed by atoms with Crippen LogP contribution in [0.1, 0.15) is 21.5 Å². The maximum Gasteiger partial charge on any atom is 0.344 e. The first-order valence-electron chi connectivity index (χ1n) is 5.38. The second-order valence-electron chi connectivity index (χ2n) is 3.88. The molecule has 0 radical (unpaired) electrons. The Hall–Kier alpha value is -1.94. The van der Waals surface area contributed by atoms with Crippen molar-refractivity contribution in [2.45, 2.75) is 0 Å². The number of nitrogens with zero attached hydrogens (tertiary/aromatic N) is 1. The van der Waals surface area contributed by atoms with Crippen LogP contribution in [-0.4, -0.2) is 11.0 Å². The van der Waals surface area contributed by atoms with E-state index in [1.165, 1.54) is 0 Å². The predicted octanol–water partition coefficient (Wildman–Crippen LogP) is 3.51. The highest BCUT2D eigenvalue weighted by Crippen LogP contribution is 2.31. The van der Waals surface area contributed by atoms with Gasteiger partial charge < -0.3 is 4.74 Å². The Bertz CT molecular complexity index is 664. The van der Waals surface area contributed by atoms with Crippen LogP contribution in [0, 0.1) is 0 Å². The minimum Gasteiger partial charge on any atom is -0.422 e. The van der Waals surface area contributed by atoms with Gasteiger partial charge in [-0.25, -0.2) is 4.79 Å². The summed E-state index contributed by atoms with van der Waals surface area (Å²) in [5.41, 5.74) is 2.30. The lowest BCUT2D eigenvalue weighted by atomic mass is 10.1. The van der Waals surface area contributed by atoms with Crippen LogP contribution in [0.4, 0.5) is 0 Å². The minimum atomic E-state index is -0.306. The van der Waals surface area contributed by atoms with E-state index >= 15 is 0 Å². The summed E-state index contributed by atoms with van der Waals surface area (Å²) in [7, 11) is 0. The number of hydrogen-bond acceptors (Lipinski definition) is 3. The number of fused-ring (bicyclic) bond motifs is 1. The third-order valence-electron chi connectivity index (χ3n) is 2.64. The van der Waals surface area contributed by atoms with E-state index in [1.807, 2.05) is 30.3 Å². The maximum atomic E-state index is 11.6. The molecule has 0 saturated carbocycles. The van der Waals surface area contributed by atoms with Crippen LogP contribution in [0.2, 0.25) is 0 Å². The molecule has 2 aromatic rings. The monoisotopic (exact) mass is 301 g/mol. The zero-order chi connectivity index (χ0) is 12.5. The topological polar surface area (TPSA) is 39.2 Å². The van der Waals surface area contributed by atoms with E-state index in [-0.39, 0.29) is 5.97 Å². The van der Waals surface area contributed by atoms with Crippen molar-refractivity contribution in [3.63, 3.8) is 0 Å². The SMILES string of the molecule is O=C1O/C(=C/c2cncc(Br)c2)c2ccccc21. The molecule has 0 fully saturated rings. The van der Waals surface area contributed by atoms with Crippen molar-refractivity contribution in [2.75, 3.05) is 0 Å². The Kier molecular flexibility index (Phi) is 2.72. The number of esters is 1.